The van der Waals surface area contributed by atoms with Gasteiger partial charge in [0.15, 0.2) is 0 Å². The molecule has 0 saturated heterocycles. The van der Waals surface area contributed by atoms with E-state index in [-0.39, 0.29) is 17.9 Å². The van der Waals surface area contributed by atoms with Crippen LogP contribution in [0, 0.1) is 0 Å². The van der Waals surface area contributed by atoms with Gasteiger partial charge in [0.05, 0.1) is 23.4 Å². The molecule has 0 saturated carbocycles. The van der Waals surface area contributed by atoms with Gasteiger partial charge >= 0.3 is 5.97 Å². The molecular formula is C20H18N2O5. The molecule has 3 N–H and O–H groups in total. The number of carbonyl (C=O) groups is 2. The van der Waals surface area contributed by atoms with Crippen molar-refractivity contribution in [2.45, 2.75) is 13.3 Å². The lowest BCUT2D eigenvalue weighted by atomic mass is 10.1. The van der Waals surface area contributed by atoms with Crippen molar-refractivity contribution in [3.05, 3.63) is 70.0 Å². The maximum absolute atomic E-state index is 12.6. The van der Waals surface area contributed by atoms with Crippen LogP contribution in [0.5, 0.6) is 5.75 Å². The maximum atomic E-state index is 12.6. The number of ether oxygens (including phenoxy) is 1. The lowest BCUT2D eigenvalue weighted by Gasteiger charge is -2.11. The van der Waals surface area contributed by atoms with Gasteiger partial charge in [-0.05, 0) is 30.7 Å². The number of carbonyl (C=O) groups excluding carboxylic acids is 2. The van der Waals surface area contributed by atoms with E-state index in [9.17, 15) is 19.5 Å². The quantitative estimate of drug-likeness (QED) is 0.602. The zero-order chi connectivity index (χ0) is 19.4. The number of para-hydroxylation sites is 2. The summed E-state index contributed by atoms with van der Waals surface area (Å²) < 4.78 is 5.10. The minimum absolute atomic E-state index is 0.163. The van der Waals surface area contributed by atoms with Crippen molar-refractivity contribution in [3.63, 3.8) is 0 Å². The number of amides is 1. The van der Waals surface area contributed by atoms with Gasteiger partial charge in [-0.2, -0.15) is 0 Å². The van der Waals surface area contributed by atoms with E-state index in [2.05, 4.69) is 10.3 Å². The highest BCUT2D eigenvalue weighted by atomic mass is 16.5. The lowest BCUT2D eigenvalue weighted by molar-refractivity contribution is 0.0506. The van der Waals surface area contributed by atoms with Crippen molar-refractivity contribution in [2.24, 2.45) is 0 Å². The Morgan fingerprint density at radius 3 is 2.59 bits per heavy atom. The topological polar surface area (TPSA) is 108 Å². The summed E-state index contributed by atoms with van der Waals surface area (Å²) in [6, 6.07) is 12.9. The fourth-order valence-corrected chi connectivity index (χ4v) is 2.66. The predicted octanol–water partition coefficient (Wildman–Crippen LogP) is 3.05. The fraction of sp³-hybridized carbons (Fsp3) is 0.150. The number of benzene rings is 2. The Bertz CT molecular complexity index is 1070. The highest BCUT2D eigenvalue weighted by Crippen LogP contribution is 2.25. The van der Waals surface area contributed by atoms with Crippen molar-refractivity contribution in [1.29, 1.82) is 0 Å². The van der Waals surface area contributed by atoms with Crippen molar-refractivity contribution in [3.8, 4) is 5.75 Å². The van der Waals surface area contributed by atoms with E-state index in [1.165, 1.54) is 12.1 Å². The van der Waals surface area contributed by atoms with Gasteiger partial charge in [0.2, 0.25) is 0 Å². The average Bonchev–Trinajstić information content (AvgIpc) is 2.66. The zero-order valence-electron chi connectivity index (χ0n) is 14.6. The number of aromatic nitrogens is 1. The summed E-state index contributed by atoms with van der Waals surface area (Å²) >= 11 is 0. The number of fused-ring (bicyclic) bond motifs is 1. The molecule has 7 heteroatoms. The average molecular weight is 366 g/mol. The van der Waals surface area contributed by atoms with Crippen LogP contribution in [0.15, 0.2) is 53.3 Å². The van der Waals surface area contributed by atoms with Crippen LogP contribution in [-0.4, -0.2) is 28.6 Å². The van der Waals surface area contributed by atoms with Crippen LogP contribution in [0.4, 0.5) is 5.69 Å². The van der Waals surface area contributed by atoms with Gasteiger partial charge < -0.3 is 20.1 Å². The molecule has 1 aromatic heterocycles. The first kappa shape index (κ1) is 18.2. The number of esters is 1. The van der Waals surface area contributed by atoms with E-state index in [0.717, 1.165) is 0 Å². The fourth-order valence-electron chi connectivity index (χ4n) is 2.66. The minimum atomic E-state index is -0.824. The second kappa shape index (κ2) is 7.74. The van der Waals surface area contributed by atoms with E-state index in [1.54, 1.807) is 36.4 Å². The third-order valence-electron chi connectivity index (χ3n) is 3.95. The smallest absolute Gasteiger partial charge is 0.340 e. The molecule has 7 nitrogen and oxygen atoms in total. The summed E-state index contributed by atoms with van der Waals surface area (Å²) in [6.45, 7) is 2.13. The van der Waals surface area contributed by atoms with Crippen LogP contribution in [0.25, 0.3) is 10.9 Å². The molecular weight excluding hydrogens is 348 g/mol. The number of H-pyrrole nitrogens is 1. The SMILES string of the molecule is CCCOC(=O)c1ccccc1NC(=O)c1c(O)c2ccccc2[nH]c1=O. The van der Waals surface area contributed by atoms with Crippen LogP contribution >= 0.6 is 0 Å². The highest BCUT2D eigenvalue weighted by Gasteiger charge is 2.21. The molecule has 0 aliphatic heterocycles. The number of rotatable bonds is 5. The Balaban J connectivity index is 1.97. The Labute approximate surface area is 154 Å². The molecule has 3 rings (SSSR count). The van der Waals surface area contributed by atoms with E-state index < -0.39 is 28.7 Å². The first-order valence-electron chi connectivity index (χ1n) is 8.44. The monoisotopic (exact) mass is 366 g/mol. The lowest BCUT2D eigenvalue weighted by Crippen LogP contribution is -2.24. The molecule has 138 valence electrons. The van der Waals surface area contributed by atoms with Crippen molar-refractivity contribution in [1.82, 2.24) is 4.98 Å². The minimum Gasteiger partial charge on any atom is -0.506 e. The Morgan fingerprint density at radius 2 is 1.81 bits per heavy atom. The van der Waals surface area contributed by atoms with E-state index >= 15 is 0 Å². The molecule has 0 bridgehead atoms. The third-order valence-corrected chi connectivity index (χ3v) is 3.95. The molecule has 0 radical (unpaired) electrons. The molecule has 0 aliphatic rings. The van der Waals surface area contributed by atoms with E-state index in [0.29, 0.717) is 17.3 Å². The Hall–Kier alpha value is -3.61. The van der Waals surface area contributed by atoms with Crippen LogP contribution in [0.3, 0.4) is 0 Å². The number of hydrogen-bond acceptors (Lipinski definition) is 5. The second-order valence-electron chi connectivity index (χ2n) is 5.86. The van der Waals surface area contributed by atoms with Crippen molar-refractivity contribution < 1.29 is 19.4 Å². The Kier molecular flexibility index (Phi) is 5.21. The third kappa shape index (κ3) is 3.67. The molecule has 1 heterocycles. The molecule has 0 spiro atoms. The van der Waals surface area contributed by atoms with Gasteiger partial charge in [-0.1, -0.05) is 31.2 Å². The summed E-state index contributed by atoms with van der Waals surface area (Å²) in [7, 11) is 0. The predicted molar refractivity (Wildman–Crippen MR) is 101 cm³/mol. The molecule has 0 fully saturated rings. The van der Waals surface area contributed by atoms with Gasteiger partial charge in [0.25, 0.3) is 11.5 Å². The molecule has 3 aromatic rings. The first-order valence-corrected chi connectivity index (χ1v) is 8.44. The largest absolute Gasteiger partial charge is 0.506 e. The summed E-state index contributed by atoms with van der Waals surface area (Å²) in [5, 5.41) is 13.3. The summed E-state index contributed by atoms with van der Waals surface area (Å²) in [5.41, 5.74) is -0.383. The number of nitrogens with one attached hydrogen (secondary N) is 2. The second-order valence-corrected chi connectivity index (χ2v) is 5.86. The number of aromatic hydroxyl groups is 1. The summed E-state index contributed by atoms with van der Waals surface area (Å²) in [5.74, 6) is -1.82. The van der Waals surface area contributed by atoms with Gasteiger partial charge in [0.1, 0.15) is 11.3 Å². The molecule has 2 aromatic carbocycles. The molecule has 1 amide bonds. The maximum Gasteiger partial charge on any atom is 0.340 e. The normalized spacial score (nSPS) is 10.6. The van der Waals surface area contributed by atoms with Crippen molar-refractivity contribution in [2.75, 3.05) is 11.9 Å². The number of anilines is 1. The molecule has 0 aliphatic carbocycles. The number of pyridine rings is 1. The molecule has 0 atom stereocenters. The van der Waals surface area contributed by atoms with Crippen molar-refractivity contribution >= 4 is 28.5 Å². The van der Waals surface area contributed by atoms with Gasteiger partial charge in [-0.15, -0.1) is 0 Å². The highest BCUT2D eigenvalue weighted by molar-refractivity contribution is 6.11. The number of aromatic amines is 1. The van der Waals surface area contributed by atoms with Gasteiger partial charge in [0, 0.05) is 5.39 Å². The first-order chi connectivity index (χ1) is 13.0. The molecule has 27 heavy (non-hydrogen) atoms. The van der Waals surface area contributed by atoms with Gasteiger partial charge in [-0.25, -0.2) is 4.79 Å². The van der Waals surface area contributed by atoms with E-state index in [4.69, 9.17) is 4.74 Å². The zero-order valence-corrected chi connectivity index (χ0v) is 14.6. The van der Waals surface area contributed by atoms with Crippen LogP contribution < -0.4 is 10.9 Å². The number of hydrogen-bond donors (Lipinski definition) is 3. The molecule has 0 unspecified atom stereocenters. The summed E-state index contributed by atoms with van der Waals surface area (Å²) in [6.07, 6.45) is 0.667. The summed E-state index contributed by atoms with van der Waals surface area (Å²) in [4.78, 5) is 39.6. The standard InChI is InChI=1S/C20H18N2O5/c1-2-11-27-20(26)13-8-4-6-10-15(13)22-19(25)16-17(23)12-7-3-5-9-14(12)21-18(16)24/h3-10H,2,11H2,1H3,(H,22,25)(H2,21,23,24). The Morgan fingerprint density at radius 1 is 1.11 bits per heavy atom. The van der Waals surface area contributed by atoms with Gasteiger partial charge in [-0.3, -0.25) is 9.59 Å². The van der Waals surface area contributed by atoms with Crippen LogP contribution in [0.2, 0.25) is 0 Å². The van der Waals surface area contributed by atoms with E-state index in [1.807, 2.05) is 6.92 Å². The van der Waals surface area contributed by atoms with Crippen LogP contribution in [0.1, 0.15) is 34.1 Å². The van der Waals surface area contributed by atoms with Crippen LogP contribution in [-0.2, 0) is 4.74 Å².